The Morgan fingerprint density at radius 1 is 1.46 bits per heavy atom. The second-order valence-electron chi connectivity index (χ2n) is 2.54. The van der Waals surface area contributed by atoms with Gasteiger partial charge >= 0.3 is 0 Å². The number of rotatable bonds is 2. The molecule has 0 bridgehead atoms. The van der Waals surface area contributed by atoms with Crippen LogP contribution in [-0.4, -0.2) is 4.83 Å². The maximum atomic E-state index is 8.58. The third-order valence-corrected chi connectivity index (χ3v) is 2.68. The largest absolute Gasteiger partial charge is 0.197 e. The van der Waals surface area contributed by atoms with Crippen molar-refractivity contribution in [3.63, 3.8) is 0 Å². The minimum Gasteiger partial charge on any atom is -0.197 e. The van der Waals surface area contributed by atoms with Gasteiger partial charge in [0.15, 0.2) is 0 Å². The normalized spacial score (nSPS) is 12.2. The second-order valence-corrected chi connectivity index (χ2v) is 4.49. The van der Waals surface area contributed by atoms with E-state index in [9.17, 15) is 0 Å². The van der Waals surface area contributed by atoms with Gasteiger partial charge in [-0.2, -0.15) is 5.26 Å². The monoisotopic (exact) mass is 277 g/mol. The van der Waals surface area contributed by atoms with E-state index in [1.54, 1.807) is 18.2 Å². The smallest absolute Gasteiger partial charge is 0.105 e. The van der Waals surface area contributed by atoms with Crippen molar-refractivity contribution >= 4 is 39.1 Å². The van der Waals surface area contributed by atoms with Crippen molar-refractivity contribution in [2.75, 3.05) is 0 Å². The Balaban J connectivity index is 2.88. The molecule has 0 aromatic heterocycles. The first-order chi connectivity index (χ1) is 6.13. The van der Waals surface area contributed by atoms with Crippen molar-refractivity contribution < 1.29 is 0 Å². The molecule has 0 saturated heterocycles. The average molecular weight is 279 g/mol. The maximum Gasteiger partial charge on any atom is 0.105 e. The minimum atomic E-state index is -0.219. The summed E-state index contributed by atoms with van der Waals surface area (Å²) in [6.45, 7) is 0. The quantitative estimate of drug-likeness (QED) is 0.755. The molecule has 13 heavy (non-hydrogen) atoms. The number of halogens is 3. The van der Waals surface area contributed by atoms with Crippen LogP contribution in [0.5, 0.6) is 0 Å². The van der Waals surface area contributed by atoms with Crippen LogP contribution in [-0.2, 0) is 6.42 Å². The van der Waals surface area contributed by atoms with Gasteiger partial charge in [0.2, 0.25) is 0 Å². The Morgan fingerprint density at radius 2 is 2.15 bits per heavy atom. The number of nitrogens with zero attached hydrogens (tertiary/aromatic N) is 1. The highest BCUT2D eigenvalue weighted by molar-refractivity contribution is 9.09. The maximum absolute atomic E-state index is 8.58. The lowest BCUT2D eigenvalue weighted by Crippen LogP contribution is -1.99. The molecule has 0 fully saturated rings. The van der Waals surface area contributed by atoms with Gasteiger partial charge in [-0.3, -0.25) is 0 Å². The lowest BCUT2D eigenvalue weighted by molar-refractivity contribution is 1.04. The lowest BCUT2D eigenvalue weighted by atomic mass is 10.1. The fourth-order valence-electron chi connectivity index (χ4n) is 0.938. The van der Waals surface area contributed by atoms with Gasteiger partial charge in [-0.15, -0.1) is 0 Å². The topological polar surface area (TPSA) is 23.8 Å². The standard InChI is InChI=1S/C9H6BrCl2N/c10-7(5-13)3-6-4-8(11)1-2-9(6)12/h1-2,4,7H,3H2/t7-/m0/s1. The number of nitriles is 1. The van der Waals surface area contributed by atoms with E-state index in [-0.39, 0.29) is 4.83 Å². The molecule has 1 nitrogen and oxygen atoms in total. The molecule has 0 N–H and O–H groups in total. The first-order valence-electron chi connectivity index (χ1n) is 3.61. The summed E-state index contributed by atoms with van der Waals surface area (Å²) in [5, 5.41) is 9.86. The van der Waals surface area contributed by atoms with E-state index in [1.165, 1.54) is 0 Å². The average Bonchev–Trinajstić information content (AvgIpc) is 2.11. The molecule has 0 amide bonds. The predicted octanol–water partition coefficient (Wildman–Crippen LogP) is 3.82. The summed E-state index contributed by atoms with van der Waals surface area (Å²) in [5.74, 6) is 0. The zero-order chi connectivity index (χ0) is 9.84. The summed E-state index contributed by atoms with van der Waals surface area (Å²) in [4.78, 5) is -0.219. The summed E-state index contributed by atoms with van der Waals surface area (Å²) in [5.41, 5.74) is 0.887. The Kier molecular flexibility index (Phi) is 4.05. The van der Waals surface area contributed by atoms with Gasteiger partial charge in [0.05, 0.1) is 6.07 Å². The highest BCUT2D eigenvalue weighted by atomic mass is 79.9. The lowest BCUT2D eigenvalue weighted by Gasteiger charge is -2.04. The Morgan fingerprint density at radius 3 is 2.77 bits per heavy atom. The summed E-state index contributed by atoms with van der Waals surface area (Å²) >= 11 is 14.9. The number of benzene rings is 1. The highest BCUT2D eigenvalue weighted by Crippen LogP contribution is 2.23. The van der Waals surface area contributed by atoms with E-state index in [0.29, 0.717) is 16.5 Å². The molecular formula is C9H6BrCl2N. The first kappa shape index (κ1) is 10.8. The molecule has 1 atom stereocenters. The van der Waals surface area contributed by atoms with E-state index >= 15 is 0 Å². The van der Waals surface area contributed by atoms with Gasteiger partial charge in [0.1, 0.15) is 4.83 Å². The SMILES string of the molecule is N#C[C@@H](Br)Cc1cc(Cl)ccc1Cl. The van der Waals surface area contributed by atoms with Gasteiger partial charge in [0, 0.05) is 10.0 Å². The van der Waals surface area contributed by atoms with E-state index in [4.69, 9.17) is 28.5 Å². The molecule has 0 unspecified atom stereocenters. The Bertz CT molecular complexity index is 346. The van der Waals surface area contributed by atoms with E-state index in [0.717, 1.165) is 5.56 Å². The molecule has 1 aromatic carbocycles. The zero-order valence-corrected chi connectivity index (χ0v) is 9.70. The molecular weight excluding hydrogens is 273 g/mol. The van der Waals surface area contributed by atoms with Crippen molar-refractivity contribution in [2.24, 2.45) is 0 Å². The van der Waals surface area contributed by atoms with Crippen LogP contribution in [0.15, 0.2) is 18.2 Å². The molecule has 0 radical (unpaired) electrons. The van der Waals surface area contributed by atoms with Crippen molar-refractivity contribution in [3.8, 4) is 6.07 Å². The fourth-order valence-corrected chi connectivity index (χ4v) is 1.68. The van der Waals surface area contributed by atoms with Crippen molar-refractivity contribution in [1.29, 1.82) is 5.26 Å². The van der Waals surface area contributed by atoms with Crippen LogP contribution in [0.25, 0.3) is 0 Å². The van der Waals surface area contributed by atoms with Crippen LogP contribution in [0, 0.1) is 11.3 Å². The van der Waals surface area contributed by atoms with Gasteiger partial charge in [-0.1, -0.05) is 39.1 Å². The summed E-state index contributed by atoms with van der Waals surface area (Å²) in [6, 6.07) is 7.31. The van der Waals surface area contributed by atoms with E-state index in [1.807, 2.05) is 0 Å². The minimum absolute atomic E-state index is 0.219. The van der Waals surface area contributed by atoms with Crippen LogP contribution in [0.3, 0.4) is 0 Å². The molecule has 0 saturated carbocycles. The molecule has 0 aliphatic carbocycles. The third-order valence-electron chi connectivity index (χ3n) is 1.55. The fraction of sp³-hybridized carbons (Fsp3) is 0.222. The van der Waals surface area contributed by atoms with Crippen LogP contribution >= 0.6 is 39.1 Å². The molecule has 1 aromatic rings. The van der Waals surface area contributed by atoms with Crippen molar-refractivity contribution in [2.45, 2.75) is 11.2 Å². The zero-order valence-electron chi connectivity index (χ0n) is 6.60. The molecule has 4 heteroatoms. The molecule has 0 aliphatic rings. The summed E-state index contributed by atoms with van der Waals surface area (Å²) in [7, 11) is 0. The molecule has 0 aliphatic heterocycles. The first-order valence-corrected chi connectivity index (χ1v) is 5.28. The Labute approximate surface area is 95.4 Å². The molecule has 68 valence electrons. The van der Waals surface area contributed by atoms with Crippen LogP contribution < -0.4 is 0 Å². The van der Waals surface area contributed by atoms with Gasteiger partial charge in [0.25, 0.3) is 0 Å². The molecule has 1 rings (SSSR count). The van der Waals surface area contributed by atoms with Gasteiger partial charge < -0.3 is 0 Å². The Hall–Kier alpha value is -0.230. The van der Waals surface area contributed by atoms with Crippen molar-refractivity contribution in [3.05, 3.63) is 33.8 Å². The third kappa shape index (κ3) is 3.19. The predicted molar refractivity (Wildman–Crippen MR) is 58.5 cm³/mol. The van der Waals surface area contributed by atoms with Gasteiger partial charge in [-0.25, -0.2) is 0 Å². The number of hydrogen-bond acceptors (Lipinski definition) is 1. The van der Waals surface area contributed by atoms with Crippen molar-refractivity contribution in [1.82, 2.24) is 0 Å². The van der Waals surface area contributed by atoms with Crippen LogP contribution in [0.4, 0.5) is 0 Å². The van der Waals surface area contributed by atoms with E-state index < -0.39 is 0 Å². The van der Waals surface area contributed by atoms with E-state index in [2.05, 4.69) is 22.0 Å². The van der Waals surface area contributed by atoms with Gasteiger partial charge in [-0.05, 0) is 30.2 Å². The summed E-state index contributed by atoms with van der Waals surface area (Å²) < 4.78 is 0. The van der Waals surface area contributed by atoms with Crippen LogP contribution in [0.2, 0.25) is 10.0 Å². The molecule has 0 heterocycles. The highest BCUT2D eigenvalue weighted by Gasteiger charge is 2.07. The number of hydrogen-bond donors (Lipinski definition) is 0. The summed E-state index contributed by atoms with van der Waals surface area (Å²) in [6.07, 6.45) is 0.565. The molecule has 0 spiro atoms. The van der Waals surface area contributed by atoms with Crippen LogP contribution in [0.1, 0.15) is 5.56 Å². The number of alkyl halides is 1. The second kappa shape index (κ2) is 4.85.